The van der Waals surface area contributed by atoms with Crippen LogP contribution in [0.15, 0.2) is 18.2 Å². The Balaban J connectivity index is 2.65. The zero-order chi connectivity index (χ0) is 11.5. The fourth-order valence-electron chi connectivity index (χ4n) is 1.18. The number of rotatable bonds is 4. The summed E-state index contributed by atoms with van der Waals surface area (Å²) in [6, 6.07) is 3.58. The van der Waals surface area contributed by atoms with Crippen LogP contribution in [0.4, 0.5) is 8.78 Å². The van der Waals surface area contributed by atoms with Crippen LogP contribution in [-0.4, -0.2) is 5.54 Å². The predicted molar refractivity (Wildman–Crippen MR) is 57.6 cm³/mol. The van der Waals surface area contributed by atoms with E-state index in [2.05, 4.69) is 26.1 Å². The highest BCUT2D eigenvalue weighted by Crippen LogP contribution is 2.11. The van der Waals surface area contributed by atoms with Crippen molar-refractivity contribution in [3.63, 3.8) is 0 Å². The number of halogens is 2. The van der Waals surface area contributed by atoms with E-state index in [1.165, 1.54) is 12.1 Å². The molecule has 0 aliphatic rings. The van der Waals surface area contributed by atoms with Crippen LogP contribution in [0.2, 0.25) is 0 Å². The first-order valence-corrected chi connectivity index (χ1v) is 5.13. The first-order chi connectivity index (χ1) is 6.93. The highest BCUT2D eigenvalue weighted by atomic mass is 19.1. The molecule has 0 aliphatic heterocycles. The van der Waals surface area contributed by atoms with Gasteiger partial charge in [0.15, 0.2) is 0 Å². The van der Waals surface area contributed by atoms with Crippen molar-refractivity contribution in [3.8, 4) is 0 Å². The molecule has 0 radical (unpaired) electrons. The Morgan fingerprint density at radius 3 is 2.13 bits per heavy atom. The Bertz CT molecular complexity index is 314. The van der Waals surface area contributed by atoms with Crippen molar-refractivity contribution >= 4 is 0 Å². The fourth-order valence-corrected chi connectivity index (χ4v) is 1.18. The second-order valence-corrected chi connectivity index (χ2v) is 4.37. The monoisotopic (exact) mass is 213 g/mol. The Morgan fingerprint density at radius 1 is 1.13 bits per heavy atom. The maximum atomic E-state index is 12.9. The van der Waals surface area contributed by atoms with Crippen LogP contribution in [0.3, 0.4) is 0 Å². The molecule has 0 aromatic heterocycles. The first-order valence-electron chi connectivity index (χ1n) is 5.13. The zero-order valence-corrected chi connectivity index (χ0v) is 9.40. The Labute approximate surface area is 89.5 Å². The van der Waals surface area contributed by atoms with Crippen molar-refractivity contribution in [2.45, 2.75) is 39.3 Å². The third kappa shape index (κ3) is 3.96. The van der Waals surface area contributed by atoms with Gasteiger partial charge in [-0.1, -0.05) is 6.92 Å². The molecule has 0 fully saturated rings. The van der Waals surface area contributed by atoms with Crippen molar-refractivity contribution in [1.82, 2.24) is 5.32 Å². The summed E-state index contributed by atoms with van der Waals surface area (Å²) in [5.41, 5.74) is 0.622. The SMILES string of the molecule is CCC(C)(C)NCc1cc(F)cc(F)c1. The summed E-state index contributed by atoms with van der Waals surface area (Å²) in [5.74, 6) is -1.05. The van der Waals surface area contributed by atoms with Crippen LogP contribution in [0.5, 0.6) is 0 Å². The summed E-state index contributed by atoms with van der Waals surface area (Å²) in [6.07, 6.45) is 0.963. The second kappa shape index (κ2) is 4.71. The lowest BCUT2D eigenvalue weighted by Crippen LogP contribution is -2.37. The van der Waals surface area contributed by atoms with E-state index in [1.54, 1.807) is 0 Å². The Kier molecular flexibility index (Phi) is 3.80. The lowest BCUT2D eigenvalue weighted by atomic mass is 10.0. The minimum absolute atomic E-state index is 0.0111. The molecule has 0 saturated carbocycles. The van der Waals surface area contributed by atoms with Gasteiger partial charge in [-0.25, -0.2) is 8.78 Å². The van der Waals surface area contributed by atoms with Gasteiger partial charge in [0.1, 0.15) is 11.6 Å². The zero-order valence-electron chi connectivity index (χ0n) is 9.40. The third-order valence-corrected chi connectivity index (χ3v) is 2.58. The van der Waals surface area contributed by atoms with E-state index in [0.29, 0.717) is 12.1 Å². The van der Waals surface area contributed by atoms with Gasteiger partial charge in [0, 0.05) is 18.2 Å². The molecule has 0 heterocycles. The van der Waals surface area contributed by atoms with Crippen LogP contribution < -0.4 is 5.32 Å². The van der Waals surface area contributed by atoms with E-state index >= 15 is 0 Å². The average Bonchev–Trinajstić information content (AvgIpc) is 2.14. The molecule has 84 valence electrons. The summed E-state index contributed by atoms with van der Waals surface area (Å²) in [4.78, 5) is 0. The first kappa shape index (κ1) is 12.1. The molecule has 0 saturated heterocycles. The van der Waals surface area contributed by atoms with Crippen molar-refractivity contribution in [1.29, 1.82) is 0 Å². The van der Waals surface area contributed by atoms with Crippen LogP contribution in [-0.2, 0) is 6.54 Å². The molecular weight excluding hydrogens is 196 g/mol. The summed E-state index contributed by atoms with van der Waals surface area (Å²) in [6.45, 7) is 6.67. The number of benzene rings is 1. The van der Waals surface area contributed by atoms with E-state index in [4.69, 9.17) is 0 Å². The molecule has 1 N–H and O–H groups in total. The van der Waals surface area contributed by atoms with Crippen molar-refractivity contribution in [3.05, 3.63) is 35.4 Å². The number of hydrogen-bond donors (Lipinski definition) is 1. The molecule has 1 nitrogen and oxygen atoms in total. The normalized spacial score (nSPS) is 11.8. The minimum Gasteiger partial charge on any atom is -0.308 e. The molecule has 0 aliphatic carbocycles. The smallest absolute Gasteiger partial charge is 0.126 e. The standard InChI is InChI=1S/C12H17F2N/c1-4-12(2,3)15-8-9-5-10(13)7-11(14)6-9/h5-7,15H,4,8H2,1-3H3. The largest absolute Gasteiger partial charge is 0.308 e. The van der Waals surface area contributed by atoms with Crippen LogP contribution in [0.25, 0.3) is 0 Å². The van der Waals surface area contributed by atoms with Gasteiger partial charge in [0.25, 0.3) is 0 Å². The van der Waals surface area contributed by atoms with Crippen LogP contribution in [0.1, 0.15) is 32.8 Å². The minimum atomic E-state index is -0.527. The molecule has 1 aromatic carbocycles. The van der Waals surface area contributed by atoms with Gasteiger partial charge >= 0.3 is 0 Å². The Hall–Kier alpha value is -0.960. The molecule has 0 spiro atoms. The summed E-state index contributed by atoms with van der Waals surface area (Å²) in [7, 11) is 0. The van der Waals surface area contributed by atoms with E-state index in [1.807, 2.05) is 0 Å². The maximum Gasteiger partial charge on any atom is 0.126 e. The molecule has 1 rings (SSSR count). The molecular formula is C12H17F2N. The highest BCUT2D eigenvalue weighted by Gasteiger charge is 2.13. The van der Waals surface area contributed by atoms with Gasteiger partial charge in [-0.2, -0.15) is 0 Å². The molecule has 3 heteroatoms. The van der Waals surface area contributed by atoms with Crippen molar-refractivity contribution in [2.75, 3.05) is 0 Å². The molecule has 1 aromatic rings. The quantitative estimate of drug-likeness (QED) is 0.809. The second-order valence-electron chi connectivity index (χ2n) is 4.37. The van der Waals surface area contributed by atoms with Gasteiger partial charge in [0.05, 0.1) is 0 Å². The van der Waals surface area contributed by atoms with Crippen LogP contribution >= 0.6 is 0 Å². The molecule has 0 amide bonds. The van der Waals surface area contributed by atoms with E-state index in [9.17, 15) is 8.78 Å². The van der Waals surface area contributed by atoms with Gasteiger partial charge in [-0.05, 0) is 38.0 Å². The van der Waals surface area contributed by atoms with E-state index in [-0.39, 0.29) is 5.54 Å². The third-order valence-electron chi connectivity index (χ3n) is 2.58. The number of nitrogens with one attached hydrogen (secondary N) is 1. The maximum absolute atomic E-state index is 12.9. The van der Waals surface area contributed by atoms with Crippen molar-refractivity contribution < 1.29 is 8.78 Å². The summed E-state index contributed by atoms with van der Waals surface area (Å²) in [5, 5.41) is 3.25. The van der Waals surface area contributed by atoms with Gasteiger partial charge in [0.2, 0.25) is 0 Å². The topological polar surface area (TPSA) is 12.0 Å². The van der Waals surface area contributed by atoms with E-state index in [0.717, 1.165) is 12.5 Å². The highest BCUT2D eigenvalue weighted by molar-refractivity contribution is 5.17. The molecule has 0 atom stereocenters. The van der Waals surface area contributed by atoms with Gasteiger partial charge < -0.3 is 5.32 Å². The fraction of sp³-hybridized carbons (Fsp3) is 0.500. The number of hydrogen-bond acceptors (Lipinski definition) is 1. The molecule has 15 heavy (non-hydrogen) atoms. The predicted octanol–water partition coefficient (Wildman–Crippen LogP) is 3.24. The van der Waals surface area contributed by atoms with Crippen LogP contribution in [0, 0.1) is 11.6 Å². The van der Waals surface area contributed by atoms with Gasteiger partial charge in [-0.15, -0.1) is 0 Å². The summed E-state index contributed by atoms with van der Waals surface area (Å²) < 4.78 is 25.7. The molecule has 0 unspecified atom stereocenters. The van der Waals surface area contributed by atoms with Gasteiger partial charge in [-0.3, -0.25) is 0 Å². The lowest BCUT2D eigenvalue weighted by Gasteiger charge is -2.24. The average molecular weight is 213 g/mol. The van der Waals surface area contributed by atoms with E-state index < -0.39 is 11.6 Å². The lowest BCUT2D eigenvalue weighted by molar-refractivity contribution is 0.373. The molecule has 0 bridgehead atoms. The Morgan fingerprint density at radius 2 is 1.67 bits per heavy atom. The summed E-state index contributed by atoms with van der Waals surface area (Å²) >= 11 is 0. The van der Waals surface area contributed by atoms with Crippen molar-refractivity contribution in [2.24, 2.45) is 0 Å².